The summed E-state index contributed by atoms with van der Waals surface area (Å²) >= 11 is 0. The Bertz CT molecular complexity index is 221. The first-order chi connectivity index (χ1) is 6.91. The second-order valence-electron chi connectivity index (χ2n) is 5.41. The molecule has 0 aliphatic carbocycles. The van der Waals surface area contributed by atoms with E-state index in [-0.39, 0.29) is 0 Å². The Morgan fingerprint density at radius 2 is 1.80 bits per heavy atom. The number of hydrogen-bond donors (Lipinski definition) is 0. The van der Waals surface area contributed by atoms with Crippen molar-refractivity contribution in [2.24, 2.45) is 11.8 Å². The van der Waals surface area contributed by atoms with Crippen LogP contribution in [0, 0.1) is 11.8 Å². The van der Waals surface area contributed by atoms with Gasteiger partial charge in [-0.05, 0) is 25.6 Å². The molecule has 0 radical (unpaired) electrons. The van der Waals surface area contributed by atoms with Crippen LogP contribution in [0.1, 0.15) is 34.1 Å². The van der Waals surface area contributed by atoms with Gasteiger partial charge < -0.3 is 9.64 Å². The molecular formula is C13H25NO. The van der Waals surface area contributed by atoms with E-state index in [0.29, 0.717) is 17.9 Å². The van der Waals surface area contributed by atoms with Gasteiger partial charge in [-0.3, -0.25) is 0 Å². The fourth-order valence-electron chi connectivity index (χ4n) is 2.18. The van der Waals surface area contributed by atoms with Crippen LogP contribution in [0.3, 0.4) is 0 Å². The molecule has 0 N–H and O–H groups in total. The summed E-state index contributed by atoms with van der Waals surface area (Å²) in [4.78, 5) is 2.20. The van der Waals surface area contributed by atoms with Crippen LogP contribution in [0.25, 0.3) is 0 Å². The Labute approximate surface area is 94.3 Å². The monoisotopic (exact) mass is 211 g/mol. The van der Waals surface area contributed by atoms with Crippen molar-refractivity contribution in [3.8, 4) is 0 Å². The molecule has 1 rings (SSSR count). The molecule has 0 bridgehead atoms. The van der Waals surface area contributed by atoms with Crippen LogP contribution in [0.15, 0.2) is 11.3 Å². The number of ether oxygens (including phenoxy) is 1. The maximum atomic E-state index is 6.05. The van der Waals surface area contributed by atoms with Crippen LogP contribution < -0.4 is 0 Å². The Morgan fingerprint density at radius 1 is 1.20 bits per heavy atom. The fourth-order valence-corrected chi connectivity index (χ4v) is 2.18. The van der Waals surface area contributed by atoms with Crippen molar-refractivity contribution >= 4 is 0 Å². The summed E-state index contributed by atoms with van der Waals surface area (Å²) in [5, 5.41) is 0. The van der Waals surface area contributed by atoms with E-state index in [1.165, 1.54) is 11.3 Å². The van der Waals surface area contributed by atoms with E-state index >= 15 is 0 Å². The Balaban J connectivity index is 2.68. The maximum Gasteiger partial charge on any atom is 0.115 e. The summed E-state index contributed by atoms with van der Waals surface area (Å²) in [7, 11) is 4.21. The lowest BCUT2D eigenvalue weighted by Gasteiger charge is -2.18. The van der Waals surface area contributed by atoms with E-state index in [1.54, 1.807) is 0 Å². The molecule has 0 amide bonds. The minimum Gasteiger partial charge on any atom is -0.493 e. The van der Waals surface area contributed by atoms with Crippen molar-refractivity contribution in [1.29, 1.82) is 0 Å². The van der Waals surface area contributed by atoms with Crippen LogP contribution >= 0.6 is 0 Å². The van der Waals surface area contributed by atoms with Crippen LogP contribution in [-0.4, -0.2) is 31.6 Å². The molecule has 0 spiro atoms. The molecule has 2 nitrogen and oxygen atoms in total. The largest absolute Gasteiger partial charge is 0.493 e. The summed E-state index contributed by atoms with van der Waals surface area (Å²) in [6.07, 6.45) is 1.48. The highest BCUT2D eigenvalue weighted by atomic mass is 16.5. The lowest BCUT2D eigenvalue weighted by molar-refractivity contribution is 0.0998. The molecule has 0 fully saturated rings. The topological polar surface area (TPSA) is 12.5 Å². The minimum absolute atomic E-state index is 0.370. The molecule has 0 aromatic rings. The van der Waals surface area contributed by atoms with E-state index in [0.717, 1.165) is 13.0 Å². The number of rotatable bonds is 4. The number of hydrogen-bond acceptors (Lipinski definition) is 2. The first-order valence-electron chi connectivity index (χ1n) is 5.96. The van der Waals surface area contributed by atoms with E-state index in [9.17, 15) is 0 Å². The molecule has 2 heteroatoms. The lowest BCUT2D eigenvalue weighted by atomic mass is 9.95. The van der Waals surface area contributed by atoms with Crippen LogP contribution in [-0.2, 0) is 4.74 Å². The molecule has 1 aliphatic rings. The van der Waals surface area contributed by atoms with Gasteiger partial charge in [0.2, 0.25) is 0 Å². The average Bonchev–Trinajstić information content (AvgIpc) is 2.46. The number of nitrogens with zero attached hydrogens (tertiary/aromatic N) is 1. The summed E-state index contributed by atoms with van der Waals surface area (Å²) in [6, 6.07) is 0. The third-order valence-corrected chi connectivity index (χ3v) is 2.85. The molecule has 0 saturated carbocycles. The Kier molecular flexibility index (Phi) is 4.21. The molecule has 1 atom stereocenters. The first-order valence-corrected chi connectivity index (χ1v) is 5.96. The van der Waals surface area contributed by atoms with Gasteiger partial charge in [0.05, 0.1) is 5.76 Å². The van der Waals surface area contributed by atoms with Gasteiger partial charge in [-0.2, -0.15) is 0 Å². The minimum atomic E-state index is 0.370. The summed E-state index contributed by atoms with van der Waals surface area (Å²) in [5.74, 6) is 2.39. The van der Waals surface area contributed by atoms with Crippen LogP contribution in [0.2, 0.25) is 0 Å². The summed E-state index contributed by atoms with van der Waals surface area (Å²) < 4.78 is 6.05. The Morgan fingerprint density at radius 3 is 2.13 bits per heavy atom. The predicted octanol–water partition coefficient (Wildman–Crippen LogP) is 2.90. The van der Waals surface area contributed by atoms with Crippen LogP contribution in [0.5, 0.6) is 0 Å². The zero-order chi connectivity index (χ0) is 11.6. The molecular weight excluding hydrogens is 186 g/mol. The second-order valence-corrected chi connectivity index (χ2v) is 5.41. The molecule has 1 unspecified atom stereocenters. The highest BCUT2D eigenvalue weighted by Crippen LogP contribution is 2.34. The van der Waals surface area contributed by atoms with Gasteiger partial charge in [0, 0.05) is 18.9 Å². The van der Waals surface area contributed by atoms with Crippen molar-refractivity contribution in [2.75, 3.05) is 20.6 Å². The van der Waals surface area contributed by atoms with E-state index in [4.69, 9.17) is 4.74 Å². The molecule has 1 aliphatic heterocycles. The summed E-state index contributed by atoms with van der Waals surface area (Å²) in [6.45, 7) is 9.98. The fraction of sp³-hybridized carbons (Fsp3) is 0.846. The first kappa shape index (κ1) is 12.6. The molecule has 88 valence electrons. The zero-order valence-corrected chi connectivity index (χ0v) is 11.0. The second kappa shape index (κ2) is 5.02. The molecule has 0 aromatic heterocycles. The molecule has 0 aromatic carbocycles. The standard InChI is InChI=1S/C13H25NO/c1-9(2)12-7-11(8-14(5)6)15-13(12)10(3)4/h9-11H,7-8H2,1-6H3. The maximum absolute atomic E-state index is 6.05. The van der Waals surface area contributed by atoms with Gasteiger partial charge >= 0.3 is 0 Å². The van der Waals surface area contributed by atoms with E-state index in [2.05, 4.69) is 46.7 Å². The van der Waals surface area contributed by atoms with Gasteiger partial charge in [0.1, 0.15) is 6.10 Å². The highest BCUT2D eigenvalue weighted by molar-refractivity contribution is 5.18. The number of likely N-dealkylation sites (N-methyl/N-ethyl adjacent to an activating group) is 1. The van der Waals surface area contributed by atoms with Crippen molar-refractivity contribution < 1.29 is 4.74 Å². The molecule has 1 heterocycles. The van der Waals surface area contributed by atoms with Crippen molar-refractivity contribution in [3.63, 3.8) is 0 Å². The van der Waals surface area contributed by atoms with Gasteiger partial charge in [-0.25, -0.2) is 0 Å². The quantitative estimate of drug-likeness (QED) is 0.709. The third kappa shape index (κ3) is 3.23. The smallest absolute Gasteiger partial charge is 0.115 e. The lowest BCUT2D eigenvalue weighted by Crippen LogP contribution is -2.26. The SMILES string of the molecule is CC(C)C1=C(C(C)C)OC(CN(C)C)C1. The average molecular weight is 211 g/mol. The van der Waals surface area contributed by atoms with Crippen molar-refractivity contribution in [3.05, 3.63) is 11.3 Å². The molecule has 0 saturated heterocycles. The predicted molar refractivity (Wildman–Crippen MR) is 64.7 cm³/mol. The zero-order valence-electron chi connectivity index (χ0n) is 11.0. The van der Waals surface area contributed by atoms with E-state index < -0.39 is 0 Å². The normalized spacial score (nSPS) is 22.1. The van der Waals surface area contributed by atoms with Gasteiger partial charge in [0.25, 0.3) is 0 Å². The van der Waals surface area contributed by atoms with Gasteiger partial charge in [-0.15, -0.1) is 0 Å². The van der Waals surface area contributed by atoms with Gasteiger partial charge in [0.15, 0.2) is 0 Å². The van der Waals surface area contributed by atoms with Gasteiger partial charge in [-0.1, -0.05) is 27.7 Å². The van der Waals surface area contributed by atoms with Crippen LogP contribution in [0.4, 0.5) is 0 Å². The van der Waals surface area contributed by atoms with Crippen molar-refractivity contribution in [1.82, 2.24) is 4.90 Å². The van der Waals surface area contributed by atoms with Crippen molar-refractivity contribution in [2.45, 2.75) is 40.2 Å². The highest BCUT2D eigenvalue weighted by Gasteiger charge is 2.28. The summed E-state index contributed by atoms with van der Waals surface area (Å²) in [5.41, 5.74) is 1.52. The number of allylic oxidation sites excluding steroid dienone is 1. The third-order valence-electron chi connectivity index (χ3n) is 2.85. The Hall–Kier alpha value is -0.500. The molecule has 15 heavy (non-hydrogen) atoms. The van der Waals surface area contributed by atoms with E-state index in [1.807, 2.05) is 0 Å².